The van der Waals surface area contributed by atoms with Crippen molar-refractivity contribution in [3.05, 3.63) is 0 Å². The second-order valence-corrected chi connectivity index (χ2v) is 16.8. The van der Waals surface area contributed by atoms with Gasteiger partial charge in [-0.1, -0.05) is 34.6 Å². The van der Waals surface area contributed by atoms with Gasteiger partial charge in [-0.2, -0.15) is 0 Å². The number of hydrogen-bond donors (Lipinski definition) is 3. The Bertz CT molecular complexity index is 1230. The van der Waals surface area contributed by atoms with Crippen molar-refractivity contribution in [1.82, 2.24) is 4.90 Å². The van der Waals surface area contributed by atoms with E-state index in [1.165, 1.54) is 21.0 Å². The second-order valence-electron chi connectivity index (χ2n) is 16.8. The standard InChI is InChI=1S/C39H69NO13/c1-15-28-39(11,46)34(43)22(5)30(42)19(2)16-20(3)31(53-37-33(50-26(9)41)27(40(12)13)17-21(4)48-37)23(6)32(24(7)36(45)51-28)52-29-18-38(10,47-14)35(44)25(8)49-29/h19-25,27-29,31-35,37,43-44,46H,15-18H2,1-14H3/t19-,20+,21-,22+,23-,24-,25+,27+,28-,29+,31+,32+,33-,34-,35+,37+,38-,39-/m1/s1. The third-order valence-electron chi connectivity index (χ3n) is 12.1. The van der Waals surface area contributed by atoms with Gasteiger partial charge in [0.2, 0.25) is 0 Å². The number of nitrogens with zero attached hydrogens (tertiary/aromatic N) is 1. The molecule has 0 saturated carbocycles. The van der Waals surface area contributed by atoms with Gasteiger partial charge in [-0.25, -0.2) is 0 Å². The third-order valence-corrected chi connectivity index (χ3v) is 12.1. The number of methoxy groups -OCH3 is 1. The molecule has 308 valence electrons. The maximum Gasteiger partial charge on any atom is 0.311 e. The predicted molar refractivity (Wildman–Crippen MR) is 194 cm³/mol. The lowest BCUT2D eigenvalue weighted by Gasteiger charge is -2.48. The molecule has 0 aromatic heterocycles. The molecule has 0 radical (unpaired) electrons. The maximum absolute atomic E-state index is 14.2. The normalized spacial score (nSPS) is 46.8. The highest BCUT2D eigenvalue weighted by Gasteiger charge is 2.51. The third kappa shape index (κ3) is 10.4. The molecule has 0 aromatic rings. The van der Waals surface area contributed by atoms with Gasteiger partial charge in [-0.05, 0) is 73.9 Å². The zero-order chi connectivity index (χ0) is 40.3. The van der Waals surface area contributed by atoms with E-state index in [9.17, 15) is 29.7 Å². The molecule has 3 rings (SSSR count). The predicted octanol–water partition coefficient (Wildman–Crippen LogP) is 3.24. The average Bonchev–Trinajstić information content (AvgIpc) is 3.08. The number of aliphatic hydroxyl groups excluding tert-OH is 2. The van der Waals surface area contributed by atoms with Crippen LogP contribution in [0.3, 0.4) is 0 Å². The number of likely N-dealkylation sites (N-methyl/N-ethyl adjacent to an activating group) is 1. The molecule has 14 heteroatoms. The van der Waals surface area contributed by atoms with Crippen LogP contribution in [0.2, 0.25) is 0 Å². The fourth-order valence-corrected chi connectivity index (χ4v) is 8.65. The van der Waals surface area contributed by atoms with E-state index >= 15 is 0 Å². The topological polar surface area (TPSA) is 180 Å². The minimum atomic E-state index is -1.94. The van der Waals surface area contributed by atoms with Gasteiger partial charge in [-0.15, -0.1) is 0 Å². The quantitative estimate of drug-likeness (QED) is 0.307. The number of esters is 2. The Balaban J connectivity index is 2.18. The smallest absolute Gasteiger partial charge is 0.311 e. The number of ether oxygens (including phenoxy) is 7. The van der Waals surface area contributed by atoms with Crippen molar-refractivity contribution in [2.45, 2.75) is 181 Å². The molecule has 0 bridgehead atoms. The van der Waals surface area contributed by atoms with Crippen molar-refractivity contribution in [2.75, 3.05) is 21.2 Å². The number of carbonyl (C=O) groups excluding carboxylic acids is 3. The fraction of sp³-hybridized carbons (Fsp3) is 0.923. The molecular weight excluding hydrogens is 690 g/mol. The van der Waals surface area contributed by atoms with E-state index in [0.717, 1.165) is 0 Å². The van der Waals surface area contributed by atoms with E-state index in [1.807, 2.05) is 39.8 Å². The summed E-state index contributed by atoms with van der Waals surface area (Å²) >= 11 is 0. The monoisotopic (exact) mass is 759 g/mol. The zero-order valence-corrected chi connectivity index (χ0v) is 34.4. The van der Waals surface area contributed by atoms with Crippen LogP contribution < -0.4 is 0 Å². The largest absolute Gasteiger partial charge is 0.459 e. The summed E-state index contributed by atoms with van der Waals surface area (Å²) in [5, 5.41) is 33.9. The first-order valence-electron chi connectivity index (χ1n) is 19.3. The van der Waals surface area contributed by atoms with Crippen LogP contribution in [0.15, 0.2) is 0 Å². The van der Waals surface area contributed by atoms with E-state index < -0.39 is 102 Å². The zero-order valence-electron chi connectivity index (χ0n) is 34.4. The average molecular weight is 760 g/mol. The number of rotatable bonds is 8. The Hall–Kier alpha value is -1.75. The molecule has 3 N–H and O–H groups in total. The van der Waals surface area contributed by atoms with Crippen LogP contribution in [0, 0.1) is 29.6 Å². The van der Waals surface area contributed by atoms with Crippen molar-refractivity contribution >= 4 is 17.7 Å². The van der Waals surface area contributed by atoms with E-state index in [0.29, 0.717) is 12.8 Å². The van der Waals surface area contributed by atoms with Crippen molar-refractivity contribution in [2.24, 2.45) is 29.6 Å². The molecule has 3 fully saturated rings. The fourth-order valence-electron chi connectivity index (χ4n) is 8.65. The molecule has 0 aromatic carbocycles. The lowest BCUT2D eigenvalue weighted by molar-refractivity contribution is -0.310. The highest BCUT2D eigenvalue weighted by Crippen LogP contribution is 2.40. The molecule has 3 heterocycles. The van der Waals surface area contributed by atoms with Crippen LogP contribution in [-0.4, -0.2) is 138 Å². The number of Topliss-reactive ketones (excluding diaryl/α,β-unsaturated/α-hetero) is 1. The molecule has 18 atom stereocenters. The molecule has 3 saturated heterocycles. The van der Waals surface area contributed by atoms with Crippen molar-refractivity contribution < 1.29 is 62.9 Å². The highest BCUT2D eigenvalue weighted by molar-refractivity contribution is 5.83. The molecule has 0 aliphatic carbocycles. The van der Waals surface area contributed by atoms with Crippen molar-refractivity contribution in [3.63, 3.8) is 0 Å². The molecule has 3 aliphatic rings. The molecular formula is C39H69NO13. The summed E-state index contributed by atoms with van der Waals surface area (Å²) in [7, 11) is 5.31. The summed E-state index contributed by atoms with van der Waals surface area (Å²) in [5.41, 5.74) is -2.95. The van der Waals surface area contributed by atoms with Gasteiger partial charge in [0.25, 0.3) is 0 Å². The highest BCUT2D eigenvalue weighted by atomic mass is 16.7. The lowest BCUT2D eigenvalue weighted by Crippen LogP contribution is -2.59. The lowest BCUT2D eigenvalue weighted by atomic mass is 9.75. The van der Waals surface area contributed by atoms with Gasteiger partial charge >= 0.3 is 11.9 Å². The molecule has 0 unspecified atom stereocenters. The van der Waals surface area contributed by atoms with Crippen LogP contribution in [0.25, 0.3) is 0 Å². The Morgan fingerprint density at radius 3 is 2.08 bits per heavy atom. The summed E-state index contributed by atoms with van der Waals surface area (Å²) < 4.78 is 43.7. The minimum Gasteiger partial charge on any atom is -0.459 e. The van der Waals surface area contributed by atoms with Gasteiger partial charge < -0.3 is 53.4 Å². The molecule has 14 nitrogen and oxygen atoms in total. The van der Waals surface area contributed by atoms with Gasteiger partial charge in [-0.3, -0.25) is 14.4 Å². The van der Waals surface area contributed by atoms with Gasteiger partial charge in [0.1, 0.15) is 23.6 Å². The number of hydrogen-bond acceptors (Lipinski definition) is 14. The Morgan fingerprint density at radius 1 is 0.906 bits per heavy atom. The molecule has 0 spiro atoms. The first kappa shape index (κ1) is 45.6. The second kappa shape index (κ2) is 18.5. The van der Waals surface area contributed by atoms with Crippen LogP contribution in [0.5, 0.6) is 0 Å². The summed E-state index contributed by atoms with van der Waals surface area (Å²) in [6.07, 6.45) is -7.71. The summed E-state index contributed by atoms with van der Waals surface area (Å²) in [4.78, 5) is 42.4. The molecule has 53 heavy (non-hydrogen) atoms. The van der Waals surface area contributed by atoms with E-state index in [4.69, 9.17) is 33.2 Å². The first-order valence-corrected chi connectivity index (χ1v) is 19.3. The van der Waals surface area contributed by atoms with Crippen LogP contribution in [-0.2, 0) is 47.5 Å². The Labute approximate surface area is 316 Å². The van der Waals surface area contributed by atoms with Gasteiger partial charge in [0.15, 0.2) is 18.7 Å². The Morgan fingerprint density at radius 2 is 1.53 bits per heavy atom. The first-order chi connectivity index (χ1) is 24.5. The van der Waals surface area contributed by atoms with E-state index in [2.05, 4.69) is 0 Å². The van der Waals surface area contributed by atoms with Crippen molar-refractivity contribution in [1.29, 1.82) is 0 Å². The summed E-state index contributed by atoms with van der Waals surface area (Å²) in [6, 6.07) is -0.227. The van der Waals surface area contributed by atoms with Crippen molar-refractivity contribution in [3.8, 4) is 0 Å². The van der Waals surface area contributed by atoms with Crippen LogP contribution in [0.4, 0.5) is 0 Å². The number of ketones is 1. The van der Waals surface area contributed by atoms with Gasteiger partial charge in [0.05, 0.1) is 48.1 Å². The number of cyclic esters (lactones) is 1. The van der Waals surface area contributed by atoms with Crippen LogP contribution in [0.1, 0.15) is 102 Å². The molecule has 3 aliphatic heterocycles. The minimum absolute atomic E-state index is 0.144. The number of carbonyl (C=O) groups is 3. The Kier molecular flexibility index (Phi) is 15.9. The summed E-state index contributed by atoms with van der Waals surface area (Å²) in [6.45, 7) is 18.7. The van der Waals surface area contributed by atoms with E-state index in [1.54, 1.807) is 41.5 Å². The van der Waals surface area contributed by atoms with Gasteiger partial charge in [0, 0.05) is 38.2 Å². The van der Waals surface area contributed by atoms with E-state index in [-0.39, 0.29) is 36.7 Å². The number of aliphatic hydroxyl groups is 3. The SMILES string of the molecule is CC[C@H]1OC(=O)[C@H](C)[C@@H](O[C@H]2C[C@@](C)(OC)[C@@H](O)[C@H](C)O2)[C@H](C)[C@@H](O[C@@H]2O[C@H](C)C[C@H](N(C)C)[C@H]2OC(C)=O)[C@@H](C)C[C@@H](C)C(=O)[C@H](C)[C@@H](O)[C@]1(C)O. The van der Waals surface area contributed by atoms with Crippen LogP contribution >= 0.6 is 0 Å². The maximum atomic E-state index is 14.2. The molecule has 0 amide bonds. The summed E-state index contributed by atoms with van der Waals surface area (Å²) in [5.74, 6) is -4.91.